The number of rotatable bonds is 5. The quantitative estimate of drug-likeness (QED) is 0.810. The molecule has 0 unspecified atom stereocenters. The van der Waals surface area contributed by atoms with Crippen molar-refractivity contribution in [2.75, 3.05) is 50.8 Å². The minimum atomic E-state index is -0.360. The van der Waals surface area contributed by atoms with E-state index < -0.39 is 0 Å². The maximum absolute atomic E-state index is 11.9. The summed E-state index contributed by atoms with van der Waals surface area (Å²) in [5.41, 5.74) is 1.37. The Morgan fingerprint density at radius 3 is 2.36 bits per heavy atom. The van der Waals surface area contributed by atoms with Crippen LogP contribution in [0.4, 0.5) is 10.5 Å². The zero-order valence-electron chi connectivity index (χ0n) is 16.4. The molecule has 4 rings (SSSR count). The number of piperidine rings is 2. The highest BCUT2D eigenvalue weighted by atomic mass is 16.5. The van der Waals surface area contributed by atoms with E-state index >= 15 is 0 Å². The van der Waals surface area contributed by atoms with E-state index in [4.69, 9.17) is 4.74 Å². The van der Waals surface area contributed by atoms with Gasteiger partial charge in [-0.25, -0.2) is 4.79 Å². The average Bonchev–Trinajstić information content (AvgIpc) is 2.71. The molecule has 7 nitrogen and oxygen atoms in total. The fourth-order valence-corrected chi connectivity index (χ4v) is 4.53. The number of hydrogen-bond acceptors (Lipinski definition) is 5. The van der Waals surface area contributed by atoms with Gasteiger partial charge < -0.3 is 10.1 Å². The van der Waals surface area contributed by atoms with Crippen molar-refractivity contribution in [3.8, 4) is 5.75 Å². The Morgan fingerprint density at radius 2 is 1.68 bits per heavy atom. The molecule has 0 saturated carbocycles. The van der Waals surface area contributed by atoms with Crippen LogP contribution in [0.5, 0.6) is 5.75 Å². The number of nitrogens with one attached hydrogen (secondary N) is 2. The van der Waals surface area contributed by atoms with Crippen LogP contribution in [0.1, 0.15) is 32.1 Å². The number of likely N-dealkylation sites (tertiary alicyclic amines) is 1. The third-order valence-electron chi connectivity index (χ3n) is 6.46. The Kier molecular flexibility index (Phi) is 5.82. The zero-order valence-corrected chi connectivity index (χ0v) is 16.4. The van der Waals surface area contributed by atoms with Gasteiger partial charge in [-0.1, -0.05) is 0 Å². The highest BCUT2D eigenvalue weighted by Gasteiger charge is 2.35. The summed E-state index contributed by atoms with van der Waals surface area (Å²) in [6.07, 6.45) is 5.60. The number of imide groups is 1. The summed E-state index contributed by atoms with van der Waals surface area (Å²) < 4.78 is 5.91. The number of urea groups is 1. The van der Waals surface area contributed by atoms with Gasteiger partial charge in [0.05, 0.1) is 0 Å². The first-order valence-electron chi connectivity index (χ1n) is 10.4. The predicted octanol–water partition coefficient (Wildman–Crippen LogP) is 1.98. The van der Waals surface area contributed by atoms with Gasteiger partial charge >= 0.3 is 6.03 Å². The molecule has 2 N–H and O–H groups in total. The molecule has 3 fully saturated rings. The summed E-state index contributed by atoms with van der Waals surface area (Å²) in [6.45, 7) is 6.73. The van der Waals surface area contributed by atoms with Crippen molar-refractivity contribution >= 4 is 17.6 Å². The van der Waals surface area contributed by atoms with Gasteiger partial charge in [-0.05, 0) is 81.5 Å². The second kappa shape index (κ2) is 8.49. The number of nitrogens with zero attached hydrogens (tertiary/aromatic N) is 2. The highest BCUT2D eigenvalue weighted by Crippen LogP contribution is 2.39. The van der Waals surface area contributed by atoms with Crippen LogP contribution >= 0.6 is 0 Å². The largest absolute Gasteiger partial charge is 0.492 e. The van der Waals surface area contributed by atoms with Crippen molar-refractivity contribution in [2.45, 2.75) is 32.1 Å². The van der Waals surface area contributed by atoms with Crippen molar-refractivity contribution in [2.24, 2.45) is 5.41 Å². The fourth-order valence-electron chi connectivity index (χ4n) is 4.53. The Morgan fingerprint density at radius 1 is 0.964 bits per heavy atom. The molecule has 0 radical (unpaired) electrons. The zero-order chi connectivity index (χ0) is 19.4. The third-order valence-corrected chi connectivity index (χ3v) is 6.46. The lowest BCUT2D eigenvalue weighted by Gasteiger charge is -2.44. The van der Waals surface area contributed by atoms with Gasteiger partial charge in [0, 0.05) is 25.2 Å². The van der Waals surface area contributed by atoms with Crippen LogP contribution in [0.15, 0.2) is 24.3 Å². The first-order valence-corrected chi connectivity index (χ1v) is 10.4. The molecular weight excluding hydrogens is 356 g/mol. The normalized spacial score (nSPS) is 22.9. The summed E-state index contributed by atoms with van der Waals surface area (Å²) in [4.78, 5) is 27.2. The number of anilines is 1. The first-order chi connectivity index (χ1) is 13.6. The highest BCUT2D eigenvalue weighted by molar-refractivity contribution is 6.05. The monoisotopic (exact) mass is 386 g/mol. The Balaban J connectivity index is 1.20. The lowest BCUT2D eigenvalue weighted by molar-refractivity contribution is -0.120. The standard InChI is InChI=1S/C21H30N4O3/c26-19-5-12-25(20(27)23-19)17-1-3-18(4-2-17)28-16-15-24-13-8-21(9-14-24)6-10-22-11-7-21/h1-4,22H,5-16H2,(H,23,26,27). The van der Waals surface area contributed by atoms with E-state index in [0.29, 0.717) is 25.0 Å². The van der Waals surface area contributed by atoms with Gasteiger partial charge in [0.1, 0.15) is 12.4 Å². The van der Waals surface area contributed by atoms with Gasteiger partial charge in [-0.3, -0.25) is 19.9 Å². The third kappa shape index (κ3) is 4.47. The van der Waals surface area contributed by atoms with E-state index in [1.165, 1.54) is 51.9 Å². The Hall–Kier alpha value is -2.12. The maximum atomic E-state index is 11.9. The van der Waals surface area contributed by atoms with Crippen molar-refractivity contribution < 1.29 is 14.3 Å². The number of ether oxygens (including phenoxy) is 1. The number of carbonyl (C=O) groups excluding carboxylic acids is 2. The SMILES string of the molecule is O=C1CCN(c2ccc(OCCN3CCC4(CCNCC4)CC3)cc2)C(=O)N1. The first kappa shape index (κ1) is 19.2. The maximum Gasteiger partial charge on any atom is 0.328 e. The molecule has 3 aliphatic heterocycles. The molecule has 3 saturated heterocycles. The Labute approximate surface area is 166 Å². The lowest BCUT2D eigenvalue weighted by atomic mass is 9.71. The minimum Gasteiger partial charge on any atom is -0.492 e. The molecule has 1 aromatic rings. The van der Waals surface area contributed by atoms with Crippen molar-refractivity contribution in [3.63, 3.8) is 0 Å². The van der Waals surface area contributed by atoms with Crippen LogP contribution in [-0.2, 0) is 4.79 Å². The number of amides is 3. The molecule has 3 amide bonds. The van der Waals surface area contributed by atoms with Gasteiger partial charge in [-0.15, -0.1) is 0 Å². The van der Waals surface area contributed by atoms with Gasteiger partial charge in [0.15, 0.2) is 0 Å². The summed E-state index contributed by atoms with van der Waals surface area (Å²) in [5, 5.41) is 5.82. The van der Waals surface area contributed by atoms with E-state index in [1.54, 1.807) is 4.90 Å². The van der Waals surface area contributed by atoms with Crippen LogP contribution in [0, 0.1) is 5.41 Å². The predicted molar refractivity (Wildman–Crippen MR) is 108 cm³/mol. The fraction of sp³-hybridized carbons (Fsp3) is 0.619. The lowest BCUT2D eigenvalue weighted by Crippen LogP contribution is -2.49. The van der Waals surface area contributed by atoms with Crippen molar-refractivity contribution in [1.82, 2.24) is 15.5 Å². The molecule has 7 heteroatoms. The molecule has 0 aliphatic carbocycles. The molecule has 0 aromatic heterocycles. The van der Waals surface area contributed by atoms with Crippen LogP contribution in [0.25, 0.3) is 0 Å². The smallest absolute Gasteiger partial charge is 0.328 e. The van der Waals surface area contributed by atoms with Crippen LogP contribution in [0.3, 0.4) is 0 Å². The molecule has 1 spiro atoms. The Bertz CT molecular complexity index is 690. The molecule has 0 atom stereocenters. The van der Waals surface area contributed by atoms with Crippen molar-refractivity contribution in [3.05, 3.63) is 24.3 Å². The molecule has 3 heterocycles. The molecule has 0 bridgehead atoms. The van der Waals surface area contributed by atoms with E-state index in [0.717, 1.165) is 18.0 Å². The molecule has 28 heavy (non-hydrogen) atoms. The average molecular weight is 386 g/mol. The molecule has 1 aromatic carbocycles. The summed E-state index contributed by atoms with van der Waals surface area (Å²) in [7, 11) is 0. The second-order valence-electron chi connectivity index (χ2n) is 8.19. The van der Waals surface area contributed by atoms with E-state index in [1.807, 2.05) is 24.3 Å². The number of benzene rings is 1. The number of carbonyl (C=O) groups is 2. The molecule has 3 aliphatic rings. The topological polar surface area (TPSA) is 73.9 Å². The van der Waals surface area contributed by atoms with Crippen LogP contribution in [-0.4, -0.2) is 62.7 Å². The summed E-state index contributed by atoms with van der Waals surface area (Å²) in [6, 6.07) is 7.15. The van der Waals surface area contributed by atoms with E-state index in [-0.39, 0.29) is 11.9 Å². The van der Waals surface area contributed by atoms with Gasteiger partial charge in [0.2, 0.25) is 5.91 Å². The summed E-state index contributed by atoms with van der Waals surface area (Å²) in [5.74, 6) is 0.592. The minimum absolute atomic E-state index is 0.218. The summed E-state index contributed by atoms with van der Waals surface area (Å²) >= 11 is 0. The van der Waals surface area contributed by atoms with Gasteiger partial charge in [-0.2, -0.15) is 0 Å². The van der Waals surface area contributed by atoms with Crippen molar-refractivity contribution in [1.29, 1.82) is 0 Å². The second-order valence-corrected chi connectivity index (χ2v) is 8.19. The molecular formula is C21H30N4O3. The van der Waals surface area contributed by atoms with Gasteiger partial charge in [0.25, 0.3) is 0 Å². The number of hydrogen-bond donors (Lipinski definition) is 2. The van der Waals surface area contributed by atoms with E-state index in [9.17, 15) is 9.59 Å². The van der Waals surface area contributed by atoms with E-state index in [2.05, 4.69) is 15.5 Å². The van der Waals surface area contributed by atoms with Crippen LogP contribution in [0.2, 0.25) is 0 Å². The van der Waals surface area contributed by atoms with Crippen LogP contribution < -0.4 is 20.3 Å². The molecule has 152 valence electrons.